The van der Waals surface area contributed by atoms with Gasteiger partial charge in [-0.25, -0.2) is 9.59 Å². The molecule has 2 rings (SSSR count). The third-order valence-electron chi connectivity index (χ3n) is 4.16. The van der Waals surface area contributed by atoms with Crippen LogP contribution in [0.4, 0.5) is 4.79 Å². The molecule has 0 heterocycles. The van der Waals surface area contributed by atoms with Gasteiger partial charge in [0.2, 0.25) is 0 Å². The maximum absolute atomic E-state index is 12.4. The second kappa shape index (κ2) is 11.6. The van der Waals surface area contributed by atoms with Crippen molar-refractivity contribution in [1.82, 2.24) is 5.32 Å². The van der Waals surface area contributed by atoms with E-state index in [1.165, 1.54) is 0 Å². The average molecular weight is 396 g/mol. The summed E-state index contributed by atoms with van der Waals surface area (Å²) in [6, 6.07) is 16.9. The van der Waals surface area contributed by atoms with Gasteiger partial charge in [-0.15, -0.1) is 0 Å². The van der Waals surface area contributed by atoms with E-state index in [-0.39, 0.29) is 19.0 Å². The van der Waals surface area contributed by atoms with Crippen LogP contribution in [0.2, 0.25) is 0 Å². The molecule has 1 N–H and O–H groups in total. The van der Waals surface area contributed by atoms with Gasteiger partial charge in [-0.2, -0.15) is 0 Å². The Hall–Kier alpha value is -3.15. The first kappa shape index (κ1) is 22.1. The van der Waals surface area contributed by atoms with Gasteiger partial charge in [0, 0.05) is 5.56 Å². The smallest absolute Gasteiger partial charge is 0.408 e. The monoisotopic (exact) mass is 396 g/mol. The number of nitrogens with one attached hydrogen (secondary N) is 1. The lowest BCUT2D eigenvalue weighted by Crippen LogP contribution is -2.42. The number of hydrogen-bond donors (Lipinski definition) is 1. The van der Waals surface area contributed by atoms with Crippen LogP contribution in [0.25, 0.3) is 0 Å². The fourth-order valence-electron chi connectivity index (χ4n) is 2.53. The summed E-state index contributed by atoms with van der Waals surface area (Å²) in [4.78, 5) is 36.7. The highest BCUT2D eigenvalue weighted by molar-refractivity contribution is 5.98. The Morgan fingerprint density at radius 3 is 2.14 bits per heavy atom. The van der Waals surface area contributed by atoms with Crippen molar-refractivity contribution < 1.29 is 23.9 Å². The van der Waals surface area contributed by atoms with Crippen molar-refractivity contribution in [2.45, 2.75) is 39.3 Å². The number of ketones is 1. The molecule has 2 aromatic carbocycles. The van der Waals surface area contributed by atoms with E-state index in [2.05, 4.69) is 5.32 Å². The first-order valence-corrected chi connectivity index (χ1v) is 9.47. The summed E-state index contributed by atoms with van der Waals surface area (Å²) < 4.78 is 10.3. The standard InChI is InChI=1S/C23H26NO5/c1-17(2)13-14-20(24-23(27)29-15-18-9-5-3-6-10-18)22(26)28-16-21(25)19-11-7-4-8-12-19/h3-12,20H,13-16H2,1-2H3,(H,24,27)/t20-/m0/s1. The highest BCUT2D eigenvalue weighted by atomic mass is 16.6. The Morgan fingerprint density at radius 2 is 1.52 bits per heavy atom. The van der Waals surface area contributed by atoms with Crippen molar-refractivity contribution in [2.24, 2.45) is 0 Å². The van der Waals surface area contributed by atoms with E-state index in [1.54, 1.807) is 30.3 Å². The molecular weight excluding hydrogens is 370 g/mol. The summed E-state index contributed by atoms with van der Waals surface area (Å²) >= 11 is 0. The highest BCUT2D eigenvalue weighted by Crippen LogP contribution is 2.11. The van der Waals surface area contributed by atoms with Crippen molar-refractivity contribution in [3.8, 4) is 0 Å². The molecule has 0 spiro atoms. The van der Waals surface area contributed by atoms with E-state index >= 15 is 0 Å². The molecule has 0 aliphatic carbocycles. The van der Waals surface area contributed by atoms with E-state index in [0.29, 0.717) is 18.4 Å². The van der Waals surface area contributed by atoms with E-state index in [1.807, 2.05) is 44.2 Å². The Bertz CT molecular complexity index is 789. The molecule has 0 aromatic heterocycles. The molecule has 0 aliphatic heterocycles. The number of amides is 1. The van der Waals surface area contributed by atoms with E-state index in [0.717, 1.165) is 11.5 Å². The number of carbonyl (C=O) groups excluding carboxylic acids is 3. The molecule has 1 amide bonds. The van der Waals surface area contributed by atoms with E-state index < -0.39 is 18.1 Å². The minimum atomic E-state index is -0.892. The van der Waals surface area contributed by atoms with Gasteiger partial charge in [-0.05, 0) is 24.3 Å². The van der Waals surface area contributed by atoms with Crippen LogP contribution >= 0.6 is 0 Å². The molecular formula is C23H26NO5. The highest BCUT2D eigenvalue weighted by Gasteiger charge is 2.24. The number of rotatable bonds is 10. The number of hydrogen-bond acceptors (Lipinski definition) is 5. The van der Waals surface area contributed by atoms with Gasteiger partial charge >= 0.3 is 12.1 Å². The molecule has 2 aromatic rings. The summed E-state index contributed by atoms with van der Waals surface area (Å²) in [5, 5.41) is 2.55. The van der Waals surface area contributed by atoms with E-state index in [4.69, 9.17) is 9.47 Å². The van der Waals surface area contributed by atoms with Crippen LogP contribution in [0.15, 0.2) is 60.7 Å². The zero-order chi connectivity index (χ0) is 21.1. The molecule has 6 heteroatoms. The molecule has 153 valence electrons. The topological polar surface area (TPSA) is 81.7 Å². The number of alkyl carbamates (subject to hydrolysis) is 1. The van der Waals surface area contributed by atoms with Crippen LogP contribution in [-0.4, -0.2) is 30.5 Å². The SMILES string of the molecule is C[C](C)CC[C@H](NC(=O)OCc1ccccc1)C(=O)OCC(=O)c1ccccc1. The quantitative estimate of drug-likeness (QED) is 0.483. The van der Waals surface area contributed by atoms with Crippen LogP contribution < -0.4 is 5.32 Å². The fourth-order valence-corrected chi connectivity index (χ4v) is 2.53. The van der Waals surface area contributed by atoms with Gasteiger partial charge in [0.25, 0.3) is 0 Å². The van der Waals surface area contributed by atoms with Crippen molar-refractivity contribution in [1.29, 1.82) is 0 Å². The van der Waals surface area contributed by atoms with Crippen molar-refractivity contribution in [3.05, 3.63) is 77.7 Å². The Kier molecular flexibility index (Phi) is 8.89. The molecule has 29 heavy (non-hydrogen) atoms. The lowest BCUT2D eigenvalue weighted by molar-refractivity contribution is -0.145. The van der Waals surface area contributed by atoms with Crippen LogP contribution in [0.5, 0.6) is 0 Å². The number of benzene rings is 2. The number of ether oxygens (including phenoxy) is 2. The van der Waals surface area contributed by atoms with Gasteiger partial charge in [0.15, 0.2) is 12.4 Å². The normalized spacial score (nSPS) is 11.6. The molecule has 0 unspecified atom stereocenters. The maximum Gasteiger partial charge on any atom is 0.408 e. The van der Waals surface area contributed by atoms with Crippen molar-refractivity contribution in [2.75, 3.05) is 6.61 Å². The van der Waals surface area contributed by atoms with Gasteiger partial charge in [-0.1, -0.05) is 74.5 Å². The van der Waals surface area contributed by atoms with Crippen LogP contribution in [0.3, 0.4) is 0 Å². The molecule has 0 fully saturated rings. The zero-order valence-corrected chi connectivity index (χ0v) is 16.7. The lowest BCUT2D eigenvalue weighted by Gasteiger charge is -2.18. The van der Waals surface area contributed by atoms with E-state index in [9.17, 15) is 14.4 Å². The van der Waals surface area contributed by atoms with Crippen LogP contribution in [0, 0.1) is 5.92 Å². The lowest BCUT2D eigenvalue weighted by atomic mass is 10.0. The fraction of sp³-hybridized carbons (Fsp3) is 0.304. The molecule has 0 saturated carbocycles. The average Bonchev–Trinajstić information content (AvgIpc) is 2.74. The summed E-state index contributed by atoms with van der Waals surface area (Å²) in [5.41, 5.74) is 1.30. The summed E-state index contributed by atoms with van der Waals surface area (Å²) in [7, 11) is 0. The predicted molar refractivity (Wildman–Crippen MR) is 109 cm³/mol. The summed E-state index contributed by atoms with van der Waals surface area (Å²) in [6.45, 7) is 3.60. The summed E-state index contributed by atoms with van der Waals surface area (Å²) in [6.07, 6.45) is 0.283. The molecule has 1 atom stereocenters. The third kappa shape index (κ3) is 8.17. The third-order valence-corrected chi connectivity index (χ3v) is 4.16. The Morgan fingerprint density at radius 1 is 0.897 bits per heavy atom. The van der Waals surface area contributed by atoms with Gasteiger partial charge in [0.1, 0.15) is 12.6 Å². The van der Waals surface area contributed by atoms with Gasteiger partial charge in [0.05, 0.1) is 0 Å². The molecule has 0 bridgehead atoms. The number of Topliss-reactive ketones (excluding diaryl/α,β-unsaturated/α-hetero) is 1. The van der Waals surface area contributed by atoms with Gasteiger partial charge in [-0.3, -0.25) is 4.79 Å². The van der Waals surface area contributed by atoms with Crippen LogP contribution in [0.1, 0.15) is 42.6 Å². The molecule has 0 saturated heterocycles. The van der Waals surface area contributed by atoms with Crippen molar-refractivity contribution in [3.63, 3.8) is 0 Å². The predicted octanol–water partition coefficient (Wildman–Crippen LogP) is 4.10. The molecule has 6 nitrogen and oxygen atoms in total. The first-order valence-electron chi connectivity index (χ1n) is 9.47. The first-order chi connectivity index (χ1) is 14.0. The number of carbonyl (C=O) groups is 3. The minimum absolute atomic E-state index is 0.0971. The maximum atomic E-state index is 12.4. The van der Waals surface area contributed by atoms with Crippen molar-refractivity contribution >= 4 is 17.8 Å². The molecule has 0 aliphatic rings. The second-order valence-corrected chi connectivity index (χ2v) is 6.90. The molecule has 1 radical (unpaired) electrons. The van der Waals surface area contributed by atoms with Crippen LogP contribution in [-0.2, 0) is 20.9 Å². The number of esters is 1. The van der Waals surface area contributed by atoms with Gasteiger partial charge < -0.3 is 14.8 Å². The second-order valence-electron chi connectivity index (χ2n) is 6.90. The minimum Gasteiger partial charge on any atom is -0.456 e. The zero-order valence-electron chi connectivity index (χ0n) is 16.7. The largest absolute Gasteiger partial charge is 0.456 e. The Balaban J connectivity index is 1.88. The summed E-state index contributed by atoms with van der Waals surface area (Å²) in [5.74, 6) is 0.150. The Labute approximate surface area is 171 Å².